The average Bonchev–Trinajstić information content (AvgIpc) is 2.78. The van der Waals surface area contributed by atoms with Gasteiger partial charge in [-0.15, -0.1) is 0 Å². The van der Waals surface area contributed by atoms with E-state index < -0.39 is 5.60 Å². The van der Waals surface area contributed by atoms with Crippen LogP contribution in [0.3, 0.4) is 0 Å². The van der Waals surface area contributed by atoms with Crippen molar-refractivity contribution in [1.29, 1.82) is 0 Å². The van der Waals surface area contributed by atoms with Crippen molar-refractivity contribution >= 4 is 5.78 Å². The Hall–Kier alpha value is -2.09. The van der Waals surface area contributed by atoms with Gasteiger partial charge < -0.3 is 4.74 Å². The van der Waals surface area contributed by atoms with Gasteiger partial charge in [0, 0.05) is 0 Å². The highest BCUT2D eigenvalue weighted by molar-refractivity contribution is 6.00. The molecular weight excluding hydrogens is 236 g/mol. The van der Waals surface area contributed by atoms with Gasteiger partial charge in [-0.05, 0) is 36.1 Å². The van der Waals surface area contributed by atoms with Crippen LogP contribution in [0.1, 0.15) is 34.3 Å². The maximum atomic E-state index is 12.4. The molecule has 1 aliphatic heterocycles. The van der Waals surface area contributed by atoms with E-state index in [0.717, 1.165) is 24.2 Å². The molecule has 1 heterocycles. The molecule has 4 rings (SSSR count). The summed E-state index contributed by atoms with van der Waals surface area (Å²) in [7, 11) is 0. The molecule has 2 heteroatoms. The van der Waals surface area contributed by atoms with Crippen LogP contribution in [0.15, 0.2) is 48.5 Å². The molecule has 0 N–H and O–H groups in total. The van der Waals surface area contributed by atoms with Crippen LogP contribution in [0.4, 0.5) is 0 Å². The van der Waals surface area contributed by atoms with Gasteiger partial charge in [0.15, 0.2) is 5.78 Å². The molecule has 0 amide bonds. The van der Waals surface area contributed by atoms with E-state index in [1.54, 1.807) is 0 Å². The van der Waals surface area contributed by atoms with Crippen molar-refractivity contribution in [2.75, 3.05) is 0 Å². The number of hydrogen-bond acceptors (Lipinski definition) is 2. The maximum absolute atomic E-state index is 12.4. The van der Waals surface area contributed by atoms with Crippen LogP contribution < -0.4 is 4.74 Å². The lowest BCUT2D eigenvalue weighted by molar-refractivity contribution is 0.0392. The van der Waals surface area contributed by atoms with Crippen LogP contribution in [-0.2, 0) is 12.0 Å². The van der Waals surface area contributed by atoms with Gasteiger partial charge in [0.1, 0.15) is 11.4 Å². The van der Waals surface area contributed by atoms with Crippen molar-refractivity contribution in [2.24, 2.45) is 0 Å². The summed E-state index contributed by atoms with van der Waals surface area (Å²) in [4.78, 5) is 12.4. The Labute approximate surface area is 112 Å². The van der Waals surface area contributed by atoms with Gasteiger partial charge in [-0.3, -0.25) is 4.79 Å². The third-order valence-electron chi connectivity index (χ3n) is 4.25. The molecule has 1 spiro atoms. The summed E-state index contributed by atoms with van der Waals surface area (Å²) in [6, 6.07) is 15.9. The molecule has 0 radical (unpaired) electrons. The van der Waals surface area contributed by atoms with E-state index in [1.807, 2.05) is 30.3 Å². The van der Waals surface area contributed by atoms with Crippen molar-refractivity contribution in [3.63, 3.8) is 0 Å². The Kier molecular flexibility index (Phi) is 2.10. The first-order valence-electron chi connectivity index (χ1n) is 6.68. The van der Waals surface area contributed by atoms with E-state index in [9.17, 15) is 4.79 Å². The zero-order chi connectivity index (χ0) is 12.9. The Morgan fingerprint density at radius 1 is 1.00 bits per heavy atom. The van der Waals surface area contributed by atoms with E-state index in [2.05, 4.69) is 18.2 Å². The highest BCUT2D eigenvalue weighted by atomic mass is 16.5. The summed E-state index contributed by atoms with van der Waals surface area (Å²) >= 11 is 0. The number of rotatable bonds is 0. The van der Waals surface area contributed by atoms with Gasteiger partial charge in [-0.2, -0.15) is 0 Å². The van der Waals surface area contributed by atoms with Gasteiger partial charge in [0.05, 0.1) is 12.0 Å². The van der Waals surface area contributed by atoms with Gasteiger partial charge in [0.2, 0.25) is 0 Å². The lowest BCUT2D eigenvalue weighted by atomic mass is 9.85. The van der Waals surface area contributed by atoms with E-state index in [-0.39, 0.29) is 5.78 Å². The van der Waals surface area contributed by atoms with Crippen molar-refractivity contribution < 1.29 is 9.53 Å². The summed E-state index contributed by atoms with van der Waals surface area (Å²) in [6.07, 6.45) is 2.35. The Bertz CT molecular complexity index is 674. The fourth-order valence-corrected chi connectivity index (χ4v) is 3.33. The first-order chi connectivity index (χ1) is 9.28. The largest absolute Gasteiger partial charge is 0.481 e. The minimum absolute atomic E-state index is 0.193. The van der Waals surface area contributed by atoms with Gasteiger partial charge in [0.25, 0.3) is 0 Å². The third kappa shape index (κ3) is 1.46. The summed E-state index contributed by atoms with van der Waals surface area (Å²) in [6.45, 7) is 0. The predicted molar refractivity (Wildman–Crippen MR) is 72.5 cm³/mol. The molecular formula is C17H14O2. The number of benzene rings is 2. The molecule has 1 atom stereocenters. The number of carbonyl (C=O) groups is 1. The number of ether oxygens (including phenoxy) is 1. The third-order valence-corrected chi connectivity index (χ3v) is 4.25. The second kappa shape index (κ2) is 3.70. The van der Waals surface area contributed by atoms with Crippen molar-refractivity contribution in [3.05, 3.63) is 65.2 Å². The molecule has 1 unspecified atom stereocenters. The summed E-state index contributed by atoms with van der Waals surface area (Å²) in [5.74, 6) is 0.925. The van der Waals surface area contributed by atoms with E-state index in [4.69, 9.17) is 4.74 Å². The van der Waals surface area contributed by atoms with E-state index in [1.165, 1.54) is 11.1 Å². The summed E-state index contributed by atoms with van der Waals surface area (Å²) < 4.78 is 6.26. The van der Waals surface area contributed by atoms with Gasteiger partial charge >= 0.3 is 0 Å². The van der Waals surface area contributed by atoms with Crippen molar-refractivity contribution in [2.45, 2.75) is 24.9 Å². The molecule has 0 saturated heterocycles. The first kappa shape index (κ1) is 10.8. The zero-order valence-electron chi connectivity index (χ0n) is 10.6. The van der Waals surface area contributed by atoms with Crippen LogP contribution in [0.5, 0.6) is 5.75 Å². The number of aryl methyl sites for hydroxylation is 1. The van der Waals surface area contributed by atoms with Crippen LogP contribution in [0, 0.1) is 0 Å². The Morgan fingerprint density at radius 3 is 2.74 bits per heavy atom. The maximum Gasteiger partial charge on any atom is 0.170 e. The fourth-order valence-electron chi connectivity index (χ4n) is 3.33. The zero-order valence-corrected chi connectivity index (χ0v) is 10.6. The molecule has 0 saturated carbocycles. The number of para-hydroxylation sites is 1. The Morgan fingerprint density at radius 2 is 1.79 bits per heavy atom. The predicted octanol–water partition coefficient (Wildman–Crippen LogP) is 3.49. The molecule has 19 heavy (non-hydrogen) atoms. The fraction of sp³-hybridized carbons (Fsp3) is 0.235. The molecule has 2 aromatic carbocycles. The SMILES string of the molecule is O=C1CC2(CCc3ccccc32)Oc2ccccc21. The van der Waals surface area contributed by atoms with Crippen molar-refractivity contribution in [1.82, 2.24) is 0 Å². The number of Topliss-reactive ketones (excluding diaryl/α,β-unsaturated/α-hetero) is 1. The standard InChI is InChI=1S/C17H14O2/c18-15-11-17(19-16-8-4-2-6-13(15)16)10-9-12-5-1-3-7-14(12)17/h1-8H,9-11H2. The highest BCUT2D eigenvalue weighted by Crippen LogP contribution is 2.47. The topological polar surface area (TPSA) is 26.3 Å². The summed E-state index contributed by atoms with van der Waals surface area (Å²) in [5, 5.41) is 0. The highest BCUT2D eigenvalue weighted by Gasteiger charge is 2.45. The smallest absolute Gasteiger partial charge is 0.170 e. The number of hydrogen-bond donors (Lipinski definition) is 0. The van der Waals surface area contributed by atoms with Crippen LogP contribution >= 0.6 is 0 Å². The Balaban J connectivity index is 1.86. The van der Waals surface area contributed by atoms with Crippen LogP contribution in [0.2, 0.25) is 0 Å². The molecule has 94 valence electrons. The van der Waals surface area contributed by atoms with Crippen molar-refractivity contribution in [3.8, 4) is 5.75 Å². The molecule has 2 nitrogen and oxygen atoms in total. The average molecular weight is 250 g/mol. The second-order valence-electron chi connectivity index (χ2n) is 5.35. The monoisotopic (exact) mass is 250 g/mol. The van der Waals surface area contributed by atoms with Crippen LogP contribution in [-0.4, -0.2) is 5.78 Å². The minimum atomic E-state index is -0.429. The second-order valence-corrected chi connectivity index (χ2v) is 5.35. The number of fused-ring (bicyclic) bond motifs is 3. The number of ketones is 1. The van der Waals surface area contributed by atoms with E-state index in [0.29, 0.717) is 6.42 Å². The molecule has 2 aromatic rings. The van der Waals surface area contributed by atoms with E-state index >= 15 is 0 Å². The molecule has 2 aliphatic rings. The van der Waals surface area contributed by atoms with Gasteiger partial charge in [-0.25, -0.2) is 0 Å². The molecule has 0 fully saturated rings. The summed E-state index contributed by atoms with van der Waals surface area (Å²) in [5.41, 5.74) is 2.80. The van der Waals surface area contributed by atoms with Gasteiger partial charge in [-0.1, -0.05) is 36.4 Å². The quantitative estimate of drug-likeness (QED) is 0.715. The van der Waals surface area contributed by atoms with Crippen LogP contribution in [0.25, 0.3) is 0 Å². The minimum Gasteiger partial charge on any atom is -0.481 e. The first-order valence-corrected chi connectivity index (χ1v) is 6.68. The molecule has 0 bridgehead atoms. The number of carbonyl (C=O) groups excluding carboxylic acids is 1. The lowest BCUT2D eigenvalue weighted by Gasteiger charge is -2.35. The lowest BCUT2D eigenvalue weighted by Crippen LogP contribution is -2.37. The normalized spacial score (nSPS) is 23.9. The molecule has 0 aromatic heterocycles. The molecule has 1 aliphatic carbocycles.